The molecule has 2 fully saturated rings. The van der Waals surface area contributed by atoms with Crippen LogP contribution in [0.1, 0.15) is 12.8 Å². The summed E-state index contributed by atoms with van der Waals surface area (Å²) in [6, 6.07) is 9.36. The molecule has 6 heteroatoms. The molecule has 2 aliphatic rings. The fraction of sp³-hybridized carbons (Fsp3) is 0.579. The Bertz CT molecular complexity index is 610. The maximum absolute atomic E-state index is 12.5. The second kappa shape index (κ2) is 7.44. The van der Waals surface area contributed by atoms with Gasteiger partial charge in [-0.3, -0.25) is 9.59 Å². The maximum atomic E-state index is 12.5. The van der Waals surface area contributed by atoms with Crippen molar-refractivity contribution in [3.05, 3.63) is 30.3 Å². The van der Waals surface area contributed by atoms with Crippen molar-refractivity contribution in [1.29, 1.82) is 0 Å². The topological polar surface area (TPSA) is 53.1 Å². The molecule has 0 unspecified atom stereocenters. The highest BCUT2D eigenvalue weighted by Gasteiger charge is 2.53. The first-order chi connectivity index (χ1) is 12.0. The largest absolute Gasteiger partial charge is 0.484 e. The van der Waals surface area contributed by atoms with Crippen molar-refractivity contribution in [3.8, 4) is 5.75 Å². The SMILES string of the molecule is CN(C)CCN1CC2(CCN(C(=O)COc3ccccc3)CC2)C1=O. The smallest absolute Gasteiger partial charge is 0.260 e. The van der Waals surface area contributed by atoms with Gasteiger partial charge < -0.3 is 19.4 Å². The minimum atomic E-state index is -0.219. The van der Waals surface area contributed by atoms with E-state index in [4.69, 9.17) is 4.74 Å². The second-order valence-electron chi connectivity index (χ2n) is 7.29. The summed E-state index contributed by atoms with van der Waals surface area (Å²) >= 11 is 0. The number of likely N-dealkylation sites (tertiary alicyclic amines) is 2. The molecule has 1 aromatic carbocycles. The molecule has 25 heavy (non-hydrogen) atoms. The number of amides is 2. The number of carbonyl (C=O) groups is 2. The van der Waals surface area contributed by atoms with Crippen molar-refractivity contribution < 1.29 is 14.3 Å². The molecule has 3 rings (SSSR count). The first-order valence-electron chi connectivity index (χ1n) is 8.90. The number of benzene rings is 1. The zero-order chi connectivity index (χ0) is 17.9. The third-order valence-corrected chi connectivity index (χ3v) is 5.23. The van der Waals surface area contributed by atoms with Crippen LogP contribution >= 0.6 is 0 Å². The molecule has 2 aliphatic heterocycles. The molecule has 0 aliphatic carbocycles. The lowest BCUT2D eigenvalue weighted by molar-refractivity contribution is -0.167. The predicted molar refractivity (Wildman–Crippen MR) is 95.3 cm³/mol. The molecule has 0 N–H and O–H groups in total. The quantitative estimate of drug-likeness (QED) is 0.724. The van der Waals surface area contributed by atoms with Gasteiger partial charge in [-0.1, -0.05) is 18.2 Å². The van der Waals surface area contributed by atoms with Gasteiger partial charge in [0, 0.05) is 32.7 Å². The third kappa shape index (κ3) is 3.95. The molecule has 0 radical (unpaired) electrons. The van der Waals surface area contributed by atoms with Crippen molar-refractivity contribution in [1.82, 2.24) is 14.7 Å². The minimum absolute atomic E-state index is 0.00469. The van der Waals surface area contributed by atoms with E-state index in [0.29, 0.717) is 18.8 Å². The molecule has 1 spiro atoms. The van der Waals surface area contributed by atoms with Gasteiger partial charge in [0.2, 0.25) is 5.91 Å². The number of nitrogens with zero attached hydrogens (tertiary/aromatic N) is 3. The summed E-state index contributed by atoms with van der Waals surface area (Å²) in [6.45, 7) is 3.86. The Morgan fingerprint density at radius 3 is 2.48 bits per heavy atom. The van der Waals surface area contributed by atoms with E-state index in [1.54, 1.807) is 0 Å². The molecule has 2 amide bonds. The average molecular weight is 345 g/mol. The Labute approximate surface area is 149 Å². The van der Waals surface area contributed by atoms with Gasteiger partial charge in [-0.2, -0.15) is 0 Å². The van der Waals surface area contributed by atoms with E-state index >= 15 is 0 Å². The van der Waals surface area contributed by atoms with Crippen LogP contribution in [0.5, 0.6) is 5.75 Å². The molecule has 136 valence electrons. The molecule has 0 saturated carbocycles. The van der Waals surface area contributed by atoms with Gasteiger partial charge >= 0.3 is 0 Å². The lowest BCUT2D eigenvalue weighted by atomic mass is 9.71. The number of para-hydroxylation sites is 1. The monoisotopic (exact) mass is 345 g/mol. The van der Waals surface area contributed by atoms with Crippen molar-refractivity contribution >= 4 is 11.8 Å². The van der Waals surface area contributed by atoms with Crippen molar-refractivity contribution in [2.24, 2.45) is 5.41 Å². The van der Waals surface area contributed by atoms with E-state index in [9.17, 15) is 9.59 Å². The first kappa shape index (κ1) is 17.7. The molecule has 2 heterocycles. The Kier molecular flexibility index (Phi) is 5.27. The van der Waals surface area contributed by atoms with Gasteiger partial charge in [-0.15, -0.1) is 0 Å². The van der Waals surface area contributed by atoms with Gasteiger partial charge in [-0.25, -0.2) is 0 Å². The highest BCUT2D eigenvalue weighted by molar-refractivity contribution is 5.89. The molecule has 6 nitrogen and oxygen atoms in total. The van der Waals surface area contributed by atoms with Crippen LogP contribution in [0.3, 0.4) is 0 Å². The molecule has 1 aromatic rings. The van der Waals surface area contributed by atoms with Gasteiger partial charge in [0.05, 0.1) is 5.41 Å². The molecule has 0 bridgehead atoms. The van der Waals surface area contributed by atoms with Gasteiger partial charge in [-0.05, 0) is 39.1 Å². The molecule has 0 aromatic heterocycles. The van der Waals surface area contributed by atoms with Crippen LogP contribution in [0.2, 0.25) is 0 Å². The van der Waals surface area contributed by atoms with E-state index < -0.39 is 0 Å². The van der Waals surface area contributed by atoms with Crippen LogP contribution in [0.15, 0.2) is 30.3 Å². The maximum Gasteiger partial charge on any atom is 0.260 e. The summed E-state index contributed by atoms with van der Waals surface area (Å²) in [6.07, 6.45) is 1.53. The Balaban J connectivity index is 1.43. The van der Waals surface area contributed by atoms with Crippen LogP contribution in [0, 0.1) is 5.41 Å². The summed E-state index contributed by atoms with van der Waals surface area (Å²) in [5, 5.41) is 0. The third-order valence-electron chi connectivity index (χ3n) is 5.23. The number of carbonyl (C=O) groups excluding carboxylic acids is 2. The number of ether oxygens (including phenoxy) is 1. The van der Waals surface area contributed by atoms with Gasteiger partial charge in [0.15, 0.2) is 6.61 Å². The summed E-state index contributed by atoms with van der Waals surface area (Å²) in [4.78, 5) is 30.7. The molecular formula is C19H27N3O3. The number of hydrogen-bond acceptors (Lipinski definition) is 4. The predicted octanol–water partition coefficient (Wildman–Crippen LogP) is 1.08. The number of piperidine rings is 1. The molecule has 0 atom stereocenters. The van der Waals surface area contributed by atoms with Crippen molar-refractivity contribution in [3.63, 3.8) is 0 Å². The standard InChI is InChI=1S/C19H27N3O3/c1-20(2)12-13-22-15-19(18(22)24)8-10-21(11-9-19)17(23)14-25-16-6-4-3-5-7-16/h3-7H,8-15H2,1-2H3. The van der Waals surface area contributed by atoms with E-state index in [-0.39, 0.29) is 23.8 Å². The van der Waals surface area contributed by atoms with E-state index in [2.05, 4.69) is 4.90 Å². The zero-order valence-corrected chi connectivity index (χ0v) is 15.1. The summed E-state index contributed by atoms with van der Waals surface area (Å²) < 4.78 is 5.53. The van der Waals surface area contributed by atoms with E-state index in [1.807, 2.05) is 54.2 Å². The Morgan fingerprint density at radius 1 is 1.20 bits per heavy atom. The Hall–Kier alpha value is -2.08. The van der Waals surface area contributed by atoms with Crippen molar-refractivity contribution in [2.45, 2.75) is 12.8 Å². The molecule has 2 saturated heterocycles. The van der Waals surface area contributed by atoms with Crippen LogP contribution in [-0.4, -0.2) is 79.9 Å². The van der Waals surface area contributed by atoms with Crippen LogP contribution in [0.25, 0.3) is 0 Å². The lowest BCUT2D eigenvalue weighted by Crippen LogP contribution is -2.65. The van der Waals surface area contributed by atoms with Crippen LogP contribution in [0.4, 0.5) is 0 Å². The summed E-state index contributed by atoms with van der Waals surface area (Å²) in [5.74, 6) is 0.965. The van der Waals surface area contributed by atoms with Crippen LogP contribution < -0.4 is 4.74 Å². The zero-order valence-electron chi connectivity index (χ0n) is 15.1. The van der Waals surface area contributed by atoms with Gasteiger partial charge in [0.1, 0.15) is 5.75 Å². The number of hydrogen-bond donors (Lipinski definition) is 0. The van der Waals surface area contributed by atoms with Crippen LogP contribution in [-0.2, 0) is 9.59 Å². The van der Waals surface area contributed by atoms with E-state index in [0.717, 1.165) is 32.5 Å². The second-order valence-corrected chi connectivity index (χ2v) is 7.29. The molecular weight excluding hydrogens is 318 g/mol. The highest BCUT2D eigenvalue weighted by atomic mass is 16.5. The Morgan fingerprint density at radius 2 is 1.88 bits per heavy atom. The summed E-state index contributed by atoms with van der Waals surface area (Å²) in [7, 11) is 4.03. The van der Waals surface area contributed by atoms with Crippen molar-refractivity contribution in [2.75, 3.05) is 53.4 Å². The highest BCUT2D eigenvalue weighted by Crippen LogP contribution is 2.41. The number of likely N-dealkylation sites (N-methyl/N-ethyl adjacent to an activating group) is 1. The summed E-state index contributed by atoms with van der Waals surface area (Å²) in [5.41, 5.74) is -0.219. The minimum Gasteiger partial charge on any atom is -0.484 e. The van der Waals surface area contributed by atoms with Gasteiger partial charge in [0.25, 0.3) is 5.91 Å². The number of rotatable bonds is 6. The number of β-lactam (4-membered cyclic amide) rings is 1. The average Bonchev–Trinajstić information content (AvgIpc) is 2.64. The fourth-order valence-electron chi connectivity index (χ4n) is 3.56. The first-order valence-corrected chi connectivity index (χ1v) is 8.90. The van der Waals surface area contributed by atoms with E-state index in [1.165, 1.54) is 0 Å². The fourth-order valence-corrected chi connectivity index (χ4v) is 3.56. The lowest BCUT2D eigenvalue weighted by Gasteiger charge is -2.52. The normalized spacial score (nSPS) is 19.2.